The normalized spacial score (nSPS) is 17.1. The molecule has 1 fully saturated rings. The number of anilines is 1. The Morgan fingerprint density at radius 1 is 1.27 bits per heavy atom. The van der Waals surface area contributed by atoms with Crippen molar-refractivity contribution in [3.05, 3.63) is 45.4 Å². The summed E-state index contributed by atoms with van der Waals surface area (Å²) in [7, 11) is 3.65. The summed E-state index contributed by atoms with van der Waals surface area (Å²) in [5.41, 5.74) is 4.46. The first kappa shape index (κ1) is 21.8. The highest BCUT2D eigenvalue weighted by atomic mass is 35.5. The zero-order valence-corrected chi connectivity index (χ0v) is 20.1. The van der Waals surface area contributed by atoms with Crippen LogP contribution in [0.15, 0.2) is 16.5 Å². The van der Waals surface area contributed by atoms with Crippen molar-refractivity contribution >= 4 is 40.2 Å². The van der Waals surface area contributed by atoms with E-state index in [2.05, 4.69) is 15.7 Å². The van der Waals surface area contributed by atoms with Crippen molar-refractivity contribution in [3.63, 3.8) is 0 Å². The molecule has 174 valence electrons. The predicted molar refractivity (Wildman–Crippen MR) is 127 cm³/mol. The number of furan rings is 1. The van der Waals surface area contributed by atoms with Crippen molar-refractivity contribution in [2.75, 3.05) is 12.4 Å². The Balaban J connectivity index is 1.56. The second-order valence-corrected chi connectivity index (χ2v) is 9.70. The predicted octanol–water partition coefficient (Wildman–Crippen LogP) is 5.00. The summed E-state index contributed by atoms with van der Waals surface area (Å²) in [5, 5.41) is 11.6. The molecule has 1 spiro atoms. The lowest BCUT2D eigenvalue weighted by Crippen LogP contribution is -2.52. The number of carbonyl (C=O) groups is 2. The monoisotopic (exact) mass is 469 g/mol. The lowest BCUT2D eigenvalue weighted by molar-refractivity contribution is 0.0755. The number of urea groups is 1. The van der Waals surface area contributed by atoms with Gasteiger partial charge in [-0.25, -0.2) is 4.79 Å². The number of nitrogens with one attached hydrogen (secondary N) is 2. The molecule has 2 N–H and O–H groups in total. The number of fused-ring (bicyclic) bond motifs is 4. The quantitative estimate of drug-likeness (QED) is 0.564. The molecule has 0 atom stereocenters. The van der Waals surface area contributed by atoms with Gasteiger partial charge in [0.1, 0.15) is 5.58 Å². The highest BCUT2D eigenvalue weighted by molar-refractivity contribution is 6.35. The molecule has 33 heavy (non-hydrogen) atoms. The van der Waals surface area contributed by atoms with Crippen molar-refractivity contribution < 1.29 is 14.0 Å². The van der Waals surface area contributed by atoms with Crippen molar-refractivity contribution in [2.24, 2.45) is 7.05 Å². The van der Waals surface area contributed by atoms with Crippen LogP contribution in [-0.4, -0.2) is 33.7 Å². The maximum Gasteiger partial charge on any atom is 0.319 e. The Morgan fingerprint density at radius 2 is 2.00 bits per heavy atom. The van der Waals surface area contributed by atoms with E-state index < -0.39 is 5.54 Å². The first-order valence-corrected chi connectivity index (χ1v) is 11.7. The van der Waals surface area contributed by atoms with E-state index in [0.29, 0.717) is 22.8 Å². The molecule has 0 bridgehead atoms. The van der Waals surface area contributed by atoms with Gasteiger partial charge in [0.05, 0.1) is 21.9 Å². The van der Waals surface area contributed by atoms with E-state index >= 15 is 0 Å². The van der Waals surface area contributed by atoms with E-state index in [9.17, 15) is 9.59 Å². The molecular weight excluding hydrogens is 442 g/mol. The fraction of sp³-hybridized carbons (Fsp3) is 0.458. The zero-order chi connectivity index (χ0) is 23.5. The molecule has 0 unspecified atom stereocenters. The van der Waals surface area contributed by atoms with Crippen LogP contribution in [0.25, 0.3) is 11.0 Å². The Kier molecular flexibility index (Phi) is 5.16. The minimum absolute atomic E-state index is 0.218. The van der Waals surface area contributed by atoms with Crippen LogP contribution in [0.3, 0.4) is 0 Å². The van der Waals surface area contributed by atoms with Crippen molar-refractivity contribution in [1.29, 1.82) is 0 Å². The van der Waals surface area contributed by atoms with Crippen LogP contribution < -0.4 is 10.6 Å². The summed E-state index contributed by atoms with van der Waals surface area (Å²) >= 11 is 6.60. The van der Waals surface area contributed by atoms with Gasteiger partial charge in [0.15, 0.2) is 5.76 Å². The first-order chi connectivity index (χ1) is 15.7. The summed E-state index contributed by atoms with van der Waals surface area (Å²) in [6, 6.07) is 3.25. The molecule has 0 radical (unpaired) electrons. The van der Waals surface area contributed by atoms with Crippen LogP contribution in [0, 0.1) is 13.8 Å². The van der Waals surface area contributed by atoms with E-state index in [-0.39, 0.29) is 17.7 Å². The van der Waals surface area contributed by atoms with Crippen molar-refractivity contribution in [1.82, 2.24) is 20.0 Å². The maximum absolute atomic E-state index is 13.3. The van der Waals surface area contributed by atoms with Crippen LogP contribution in [0.2, 0.25) is 5.02 Å². The Labute approximate surface area is 197 Å². The molecule has 5 rings (SSSR count). The van der Waals surface area contributed by atoms with Crippen LogP contribution in [0.4, 0.5) is 10.5 Å². The van der Waals surface area contributed by atoms with Crippen LogP contribution in [0.5, 0.6) is 0 Å². The number of rotatable bonds is 3. The number of aromatic nitrogens is 2. The van der Waals surface area contributed by atoms with Gasteiger partial charge in [0.2, 0.25) is 0 Å². The minimum Gasteiger partial charge on any atom is -0.450 e. The molecule has 9 heteroatoms. The summed E-state index contributed by atoms with van der Waals surface area (Å²) in [6.45, 7) is 4.37. The van der Waals surface area contributed by atoms with Crippen molar-refractivity contribution in [3.8, 4) is 0 Å². The number of aryl methyl sites for hydroxylation is 2. The first-order valence-electron chi connectivity index (χ1n) is 11.3. The van der Waals surface area contributed by atoms with Gasteiger partial charge in [-0.15, -0.1) is 0 Å². The Hall–Kier alpha value is -3.00. The van der Waals surface area contributed by atoms with E-state index in [1.807, 2.05) is 25.6 Å². The van der Waals surface area contributed by atoms with Gasteiger partial charge in [-0.3, -0.25) is 9.48 Å². The number of hydrogen-bond acceptors (Lipinski definition) is 4. The standard InChI is InChI=1S/C24H28ClN5O3/c1-13-16(14(2)30(4)28-13)12-29(3)22(31)18-11-15-10-17(25)20-19(21(15)33-18)24(27-23(32)26-20)8-6-5-7-9-24/h10-11H,5-9,12H2,1-4H3,(H2,26,27,32). The third kappa shape index (κ3) is 3.47. The molecule has 8 nitrogen and oxygen atoms in total. The van der Waals surface area contributed by atoms with E-state index in [4.69, 9.17) is 16.0 Å². The average molecular weight is 470 g/mol. The molecule has 3 aromatic rings. The SMILES string of the molecule is Cc1nn(C)c(C)c1CN(C)C(=O)c1cc2cc(Cl)c3c(c2o1)C1(CCCCC1)NC(=O)N3. The van der Waals surface area contributed by atoms with Gasteiger partial charge < -0.3 is 20.0 Å². The average Bonchev–Trinajstić information content (AvgIpc) is 3.29. The third-order valence-electron chi connectivity index (χ3n) is 7.15. The number of benzene rings is 1. The molecule has 0 saturated heterocycles. The topological polar surface area (TPSA) is 92.4 Å². The largest absolute Gasteiger partial charge is 0.450 e. The number of hydrogen-bond donors (Lipinski definition) is 2. The molecular formula is C24H28ClN5O3. The number of nitrogens with zero attached hydrogens (tertiary/aromatic N) is 3. The lowest BCUT2D eigenvalue weighted by Gasteiger charge is -2.42. The van der Waals surface area contributed by atoms with Gasteiger partial charge in [0.25, 0.3) is 5.91 Å². The number of amides is 3. The highest BCUT2D eigenvalue weighted by Crippen LogP contribution is 2.49. The number of carbonyl (C=O) groups excluding carboxylic acids is 2. The molecule has 3 amide bonds. The van der Waals surface area contributed by atoms with Gasteiger partial charge >= 0.3 is 6.03 Å². The molecule has 2 aromatic heterocycles. The molecule has 2 aliphatic rings. The Morgan fingerprint density at radius 3 is 2.67 bits per heavy atom. The van der Waals surface area contributed by atoms with Gasteiger partial charge in [-0.1, -0.05) is 30.9 Å². The van der Waals surface area contributed by atoms with Crippen LogP contribution >= 0.6 is 11.6 Å². The summed E-state index contributed by atoms with van der Waals surface area (Å²) < 4.78 is 8.03. The minimum atomic E-state index is -0.535. The molecule has 1 aliphatic heterocycles. The van der Waals surface area contributed by atoms with Gasteiger partial charge in [0, 0.05) is 42.8 Å². The van der Waals surface area contributed by atoms with Crippen molar-refractivity contribution in [2.45, 2.75) is 58.0 Å². The second kappa shape index (κ2) is 7.80. The molecule has 1 aliphatic carbocycles. The Bertz CT molecular complexity index is 1290. The molecule has 1 saturated carbocycles. The summed E-state index contributed by atoms with van der Waals surface area (Å²) in [5.74, 6) is 0.0308. The zero-order valence-electron chi connectivity index (χ0n) is 19.3. The number of halogens is 1. The molecule has 3 heterocycles. The van der Waals surface area contributed by atoms with Crippen LogP contribution in [0.1, 0.15) is 65.2 Å². The van der Waals surface area contributed by atoms with E-state index in [1.165, 1.54) is 0 Å². The highest BCUT2D eigenvalue weighted by Gasteiger charge is 2.44. The fourth-order valence-corrected chi connectivity index (χ4v) is 5.59. The lowest BCUT2D eigenvalue weighted by atomic mass is 9.74. The second-order valence-electron chi connectivity index (χ2n) is 9.29. The maximum atomic E-state index is 13.3. The van der Waals surface area contributed by atoms with Crippen LogP contribution in [-0.2, 0) is 19.1 Å². The third-order valence-corrected chi connectivity index (χ3v) is 7.45. The smallest absolute Gasteiger partial charge is 0.319 e. The van der Waals surface area contributed by atoms with E-state index in [1.54, 1.807) is 24.1 Å². The molecule has 1 aromatic carbocycles. The van der Waals surface area contributed by atoms with Gasteiger partial charge in [-0.2, -0.15) is 5.10 Å². The van der Waals surface area contributed by atoms with Gasteiger partial charge in [-0.05, 0) is 38.8 Å². The summed E-state index contributed by atoms with van der Waals surface area (Å²) in [4.78, 5) is 27.4. The summed E-state index contributed by atoms with van der Waals surface area (Å²) in [6.07, 6.45) is 4.77. The fourth-order valence-electron chi connectivity index (χ4n) is 5.33. The van der Waals surface area contributed by atoms with E-state index in [0.717, 1.165) is 60.0 Å².